The number of anilines is 1. The number of hydrogen-bond donors (Lipinski definition) is 1. The molecule has 0 aliphatic rings. The molecule has 3 aromatic rings. The fourth-order valence-corrected chi connectivity index (χ4v) is 2.60. The molecule has 0 radical (unpaired) electrons. The molecule has 2 heterocycles. The van der Waals surface area contributed by atoms with Crippen LogP contribution >= 0.6 is 11.8 Å². The first-order valence-corrected chi connectivity index (χ1v) is 8.44. The van der Waals surface area contributed by atoms with Gasteiger partial charge in [-0.05, 0) is 24.6 Å². The molecule has 132 valence electrons. The van der Waals surface area contributed by atoms with Crippen LogP contribution in [-0.2, 0) is 4.79 Å². The van der Waals surface area contributed by atoms with Crippen LogP contribution in [0.4, 0.5) is 11.4 Å². The number of nitro groups is 1. The summed E-state index contributed by atoms with van der Waals surface area (Å²) in [5.41, 5.74) is 1.58. The molecule has 9 nitrogen and oxygen atoms in total. The Morgan fingerprint density at radius 3 is 2.88 bits per heavy atom. The number of nitrogens with zero attached hydrogens (tertiary/aromatic N) is 4. The predicted molar refractivity (Wildman–Crippen MR) is 94.7 cm³/mol. The molecule has 2 aromatic heterocycles. The molecule has 0 saturated heterocycles. The van der Waals surface area contributed by atoms with Gasteiger partial charge in [-0.25, -0.2) is 0 Å². The molecule has 0 atom stereocenters. The highest BCUT2D eigenvalue weighted by atomic mass is 32.2. The second-order valence-corrected chi connectivity index (χ2v) is 6.11. The lowest BCUT2D eigenvalue weighted by Gasteiger charge is -2.07. The zero-order valence-electron chi connectivity index (χ0n) is 13.6. The molecule has 0 spiro atoms. The summed E-state index contributed by atoms with van der Waals surface area (Å²) in [6, 6.07) is 9.60. The molecule has 1 aromatic carbocycles. The number of thioether (sulfide) groups is 1. The van der Waals surface area contributed by atoms with Crippen LogP contribution < -0.4 is 5.32 Å². The summed E-state index contributed by atoms with van der Waals surface area (Å²) in [6.07, 6.45) is 1.61. The lowest BCUT2D eigenvalue weighted by Crippen LogP contribution is -2.15. The van der Waals surface area contributed by atoms with Crippen molar-refractivity contribution in [1.29, 1.82) is 0 Å². The first kappa shape index (κ1) is 17.5. The summed E-state index contributed by atoms with van der Waals surface area (Å²) < 4.78 is 5.45. The number of benzene rings is 1. The van der Waals surface area contributed by atoms with Crippen molar-refractivity contribution < 1.29 is 14.1 Å². The molecule has 0 unspecified atom stereocenters. The minimum absolute atomic E-state index is 0.0198. The van der Waals surface area contributed by atoms with Gasteiger partial charge in [0.15, 0.2) is 0 Å². The number of nitrogens with one attached hydrogen (secondary N) is 1. The monoisotopic (exact) mass is 371 g/mol. The Hall–Kier alpha value is -3.27. The zero-order valence-corrected chi connectivity index (χ0v) is 14.4. The smallest absolute Gasteiger partial charge is 0.277 e. The lowest BCUT2D eigenvalue weighted by atomic mass is 10.2. The van der Waals surface area contributed by atoms with Crippen molar-refractivity contribution in [2.75, 3.05) is 11.1 Å². The van der Waals surface area contributed by atoms with Gasteiger partial charge < -0.3 is 9.73 Å². The Kier molecular flexibility index (Phi) is 5.23. The Labute approximate surface area is 152 Å². The molecule has 0 saturated carbocycles. The molecule has 26 heavy (non-hydrogen) atoms. The summed E-state index contributed by atoms with van der Waals surface area (Å²) in [5.74, 6) is -0.0503. The van der Waals surface area contributed by atoms with Crippen LogP contribution in [0.25, 0.3) is 11.6 Å². The molecule has 0 fully saturated rings. The van der Waals surface area contributed by atoms with E-state index in [0.29, 0.717) is 11.4 Å². The van der Waals surface area contributed by atoms with Crippen LogP contribution in [0.5, 0.6) is 0 Å². The second-order valence-electron chi connectivity index (χ2n) is 5.18. The largest absolute Gasteiger partial charge is 0.410 e. The molecule has 0 aliphatic carbocycles. The summed E-state index contributed by atoms with van der Waals surface area (Å²) in [7, 11) is 0. The summed E-state index contributed by atoms with van der Waals surface area (Å²) in [5, 5.41) is 21.5. The van der Waals surface area contributed by atoms with E-state index in [-0.39, 0.29) is 28.5 Å². The second kappa shape index (κ2) is 7.74. The fraction of sp³-hybridized carbons (Fsp3) is 0.125. The SMILES string of the molecule is Cc1ccc([N+](=O)[O-])cc1NC(=O)CSc1nnc(-c2ccccn2)o1. The van der Waals surface area contributed by atoms with Crippen LogP contribution in [0, 0.1) is 17.0 Å². The number of aromatic nitrogens is 3. The highest BCUT2D eigenvalue weighted by Crippen LogP contribution is 2.24. The number of pyridine rings is 1. The van der Waals surface area contributed by atoms with Gasteiger partial charge in [-0.3, -0.25) is 19.9 Å². The van der Waals surface area contributed by atoms with Gasteiger partial charge in [0, 0.05) is 18.3 Å². The average Bonchev–Trinajstić information content (AvgIpc) is 3.11. The van der Waals surface area contributed by atoms with Crippen LogP contribution in [0.1, 0.15) is 5.56 Å². The van der Waals surface area contributed by atoms with Gasteiger partial charge in [0.1, 0.15) is 5.69 Å². The quantitative estimate of drug-likeness (QED) is 0.398. The van der Waals surface area contributed by atoms with Crippen molar-refractivity contribution >= 4 is 29.0 Å². The molecule has 10 heteroatoms. The average molecular weight is 371 g/mol. The molecule has 3 rings (SSSR count). The van der Waals surface area contributed by atoms with Crippen molar-refractivity contribution in [2.24, 2.45) is 0 Å². The van der Waals surface area contributed by atoms with Crippen molar-refractivity contribution in [3.8, 4) is 11.6 Å². The molecule has 1 amide bonds. The third-order valence-corrected chi connectivity index (χ3v) is 4.14. The van der Waals surface area contributed by atoms with Crippen LogP contribution in [0.3, 0.4) is 0 Å². The minimum atomic E-state index is -0.512. The Morgan fingerprint density at radius 1 is 1.31 bits per heavy atom. The van der Waals surface area contributed by atoms with Crippen molar-refractivity contribution in [3.05, 3.63) is 58.3 Å². The summed E-state index contributed by atoms with van der Waals surface area (Å²) in [4.78, 5) is 26.5. The summed E-state index contributed by atoms with van der Waals surface area (Å²) in [6.45, 7) is 1.75. The molecule has 0 aliphatic heterocycles. The lowest BCUT2D eigenvalue weighted by molar-refractivity contribution is -0.384. The normalized spacial score (nSPS) is 10.5. The van der Waals surface area contributed by atoms with Crippen LogP contribution in [-0.4, -0.2) is 31.8 Å². The highest BCUT2D eigenvalue weighted by Gasteiger charge is 2.14. The number of non-ortho nitro benzene ring substituents is 1. The van der Waals surface area contributed by atoms with E-state index in [1.54, 1.807) is 37.4 Å². The van der Waals surface area contributed by atoms with Gasteiger partial charge in [0.25, 0.3) is 16.8 Å². The van der Waals surface area contributed by atoms with Crippen molar-refractivity contribution in [3.63, 3.8) is 0 Å². The van der Waals surface area contributed by atoms with Gasteiger partial charge in [-0.15, -0.1) is 10.2 Å². The van der Waals surface area contributed by atoms with E-state index < -0.39 is 4.92 Å². The first-order chi connectivity index (χ1) is 12.5. The molecule has 1 N–H and O–H groups in total. The number of amides is 1. The Balaban J connectivity index is 1.61. The molecular weight excluding hydrogens is 358 g/mol. The van der Waals surface area contributed by atoms with E-state index in [4.69, 9.17) is 4.42 Å². The number of hydrogen-bond acceptors (Lipinski definition) is 8. The van der Waals surface area contributed by atoms with Crippen molar-refractivity contribution in [1.82, 2.24) is 15.2 Å². The van der Waals surface area contributed by atoms with Crippen molar-refractivity contribution in [2.45, 2.75) is 12.1 Å². The Morgan fingerprint density at radius 2 is 2.15 bits per heavy atom. The number of carbonyl (C=O) groups is 1. The zero-order chi connectivity index (χ0) is 18.5. The maximum atomic E-state index is 12.1. The van der Waals surface area contributed by atoms with E-state index >= 15 is 0 Å². The number of carbonyl (C=O) groups excluding carboxylic acids is 1. The van der Waals surface area contributed by atoms with E-state index in [9.17, 15) is 14.9 Å². The van der Waals surface area contributed by atoms with Gasteiger partial charge in [0.2, 0.25) is 5.91 Å². The summed E-state index contributed by atoms with van der Waals surface area (Å²) >= 11 is 1.07. The molecule has 0 bridgehead atoms. The van der Waals surface area contributed by atoms with Crippen LogP contribution in [0.2, 0.25) is 0 Å². The van der Waals surface area contributed by atoms with E-state index in [1.165, 1.54) is 12.1 Å². The highest BCUT2D eigenvalue weighted by molar-refractivity contribution is 7.99. The van der Waals surface area contributed by atoms with Gasteiger partial charge in [-0.2, -0.15) is 0 Å². The Bertz CT molecular complexity index is 945. The number of aryl methyl sites for hydroxylation is 1. The van der Waals surface area contributed by atoms with Gasteiger partial charge >= 0.3 is 0 Å². The number of rotatable bonds is 6. The van der Waals surface area contributed by atoms with E-state index in [2.05, 4.69) is 20.5 Å². The topological polar surface area (TPSA) is 124 Å². The fourth-order valence-electron chi connectivity index (χ4n) is 2.03. The van der Waals surface area contributed by atoms with Crippen LogP contribution in [0.15, 0.2) is 52.2 Å². The van der Waals surface area contributed by atoms with Gasteiger partial charge in [0.05, 0.1) is 16.4 Å². The third kappa shape index (κ3) is 4.22. The third-order valence-electron chi connectivity index (χ3n) is 3.32. The van der Waals surface area contributed by atoms with E-state index in [1.807, 2.05) is 0 Å². The maximum absolute atomic E-state index is 12.1. The number of nitro benzene ring substituents is 1. The predicted octanol–water partition coefficient (Wildman–Crippen LogP) is 3.08. The van der Waals surface area contributed by atoms with E-state index in [0.717, 1.165) is 17.3 Å². The van der Waals surface area contributed by atoms with Gasteiger partial charge in [-0.1, -0.05) is 23.9 Å². The minimum Gasteiger partial charge on any atom is -0.410 e. The molecular formula is C16H13N5O4S. The first-order valence-electron chi connectivity index (χ1n) is 7.45. The standard InChI is InChI=1S/C16H13N5O4S/c1-10-5-6-11(21(23)24)8-13(10)18-14(22)9-26-16-20-19-15(25-16)12-4-2-3-7-17-12/h2-8H,9H2,1H3,(H,18,22). The maximum Gasteiger partial charge on any atom is 0.277 e.